The van der Waals surface area contributed by atoms with Gasteiger partial charge in [0.1, 0.15) is 0 Å². The molecule has 2 rings (SSSR count). The molecular formula is C13H16N2O4. The van der Waals surface area contributed by atoms with Crippen LogP contribution in [0.3, 0.4) is 0 Å². The molecule has 1 aliphatic carbocycles. The Bertz CT molecular complexity index is 469. The molecule has 1 aromatic heterocycles. The Labute approximate surface area is 111 Å². The molecule has 1 heterocycles. The smallest absolute Gasteiger partial charge is 0.405 e. The number of ether oxygens (including phenoxy) is 1. The van der Waals surface area contributed by atoms with Crippen LogP contribution in [0.4, 0.5) is 0 Å². The van der Waals surface area contributed by atoms with E-state index in [1.54, 1.807) is 6.07 Å². The van der Waals surface area contributed by atoms with Gasteiger partial charge < -0.3 is 15.3 Å². The van der Waals surface area contributed by atoms with Gasteiger partial charge in [-0.25, -0.2) is 4.79 Å². The summed E-state index contributed by atoms with van der Waals surface area (Å²) >= 11 is 0. The molecule has 1 saturated carbocycles. The molecule has 0 aliphatic heterocycles. The van der Waals surface area contributed by atoms with Crippen molar-refractivity contribution < 1.29 is 19.1 Å². The van der Waals surface area contributed by atoms with Crippen molar-refractivity contribution in [3.8, 4) is 0 Å². The minimum Gasteiger partial charge on any atom is -0.618 e. The van der Waals surface area contributed by atoms with E-state index in [4.69, 9.17) is 4.74 Å². The Morgan fingerprint density at radius 2 is 2.11 bits per heavy atom. The quantitative estimate of drug-likeness (QED) is 0.488. The Hall–Kier alpha value is -2.11. The molecule has 1 amide bonds. The summed E-state index contributed by atoms with van der Waals surface area (Å²) in [5, 5.41) is 14.1. The molecule has 6 nitrogen and oxygen atoms in total. The molecule has 1 fully saturated rings. The van der Waals surface area contributed by atoms with Crippen molar-refractivity contribution in [2.24, 2.45) is 0 Å². The van der Waals surface area contributed by atoms with E-state index in [-0.39, 0.29) is 24.2 Å². The van der Waals surface area contributed by atoms with Gasteiger partial charge in [-0.2, -0.15) is 4.73 Å². The van der Waals surface area contributed by atoms with E-state index in [0.717, 1.165) is 25.7 Å². The maximum absolute atomic E-state index is 11.6. The third-order valence-electron chi connectivity index (χ3n) is 3.09. The van der Waals surface area contributed by atoms with E-state index in [2.05, 4.69) is 5.32 Å². The van der Waals surface area contributed by atoms with E-state index in [1.807, 2.05) is 0 Å². The maximum atomic E-state index is 11.6. The predicted molar refractivity (Wildman–Crippen MR) is 66.1 cm³/mol. The van der Waals surface area contributed by atoms with Gasteiger partial charge in [0.05, 0.1) is 0 Å². The number of esters is 1. The van der Waals surface area contributed by atoms with E-state index < -0.39 is 5.97 Å². The van der Waals surface area contributed by atoms with Crippen LogP contribution in [0.25, 0.3) is 0 Å². The molecule has 0 unspecified atom stereocenters. The Morgan fingerprint density at radius 3 is 2.79 bits per heavy atom. The lowest BCUT2D eigenvalue weighted by atomic mass is 10.2. The zero-order valence-corrected chi connectivity index (χ0v) is 10.5. The Kier molecular flexibility index (Phi) is 4.33. The highest BCUT2D eigenvalue weighted by Crippen LogP contribution is 2.17. The number of hydrogen-bond donors (Lipinski definition) is 1. The largest absolute Gasteiger partial charge is 0.618 e. The fourth-order valence-corrected chi connectivity index (χ4v) is 2.13. The molecule has 1 aromatic rings. The summed E-state index contributed by atoms with van der Waals surface area (Å²) in [7, 11) is 0. The maximum Gasteiger partial charge on any atom is 0.405 e. The summed E-state index contributed by atoms with van der Waals surface area (Å²) in [5.74, 6) is -1.12. The first-order valence-electron chi connectivity index (χ1n) is 6.31. The van der Waals surface area contributed by atoms with Gasteiger partial charge in [-0.15, -0.1) is 0 Å². The van der Waals surface area contributed by atoms with Crippen LogP contribution in [-0.4, -0.2) is 24.5 Å². The first-order valence-corrected chi connectivity index (χ1v) is 6.31. The molecule has 0 spiro atoms. The molecule has 0 radical (unpaired) electrons. The van der Waals surface area contributed by atoms with Crippen LogP contribution in [0.1, 0.15) is 36.2 Å². The second-order valence-corrected chi connectivity index (χ2v) is 4.54. The molecule has 0 aromatic carbocycles. The SMILES string of the molecule is O=C(COC(=O)c1cccc[n+]1[O-])NC1CCCC1. The number of amides is 1. The molecule has 19 heavy (non-hydrogen) atoms. The highest BCUT2D eigenvalue weighted by molar-refractivity contribution is 5.88. The molecule has 102 valence electrons. The lowest BCUT2D eigenvalue weighted by Crippen LogP contribution is -2.38. The third-order valence-corrected chi connectivity index (χ3v) is 3.09. The average molecular weight is 264 g/mol. The molecular weight excluding hydrogens is 248 g/mol. The number of carbonyl (C=O) groups excluding carboxylic acids is 2. The van der Waals surface area contributed by atoms with Crippen molar-refractivity contribution in [3.05, 3.63) is 35.3 Å². The fraction of sp³-hybridized carbons (Fsp3) is 0.462. The number of pyridine rings is 1. The lowest BCUT2D eigenvalue weighted by Gasteiger charge is -2.11. The first-order chi connectivity index (χ1) is 9.16. The summed E-state index contributed by atoms with van der Waals surface area (Å²) in [6.07, 6.45) is 5.38. The summed E-state index contributed by atoms with van der Waals surface area (Å²) in [4.78, 5) is 23.1. The van der Waals surface area contributed by atoms with E-state index in [1.165, 1.54) is 18.3 Å². The van der Waals surface area contributed by atoms with Crippen molar-refractivity contribution in [2.45, 2.75) is 31.7 Å². The first kappa shape index (κ1) is 13.3. The van der Waals surface area contributed by atoms with Crippen LogP contribution >= 0.6 is 0 Å². The van der Waals surface area contributed by atoms with Crippen molar-refractivity contribution in [1.29, 1.82) is 0 Å². The minimum atomic E-state index is -0.794. The summed E-state index contributed by atoms with van der Waals surface area (Å²) in [6.45, 7) is -0.357. The second-order valence-electron chi connectivity index (χ2n) is 4.54. The van der Waals surface area contributed by atoms with Crippen LogP contribution < -0.4 is 10.0 Å². The minimum absolute atomic E-state index is 0.129. The van der Waals surface area contributed by atoms with Gasteiger partial charge in [0.2, 0.25) is 0 Å². The lowest BCUT2D eigenvalue weighted by molar-refractivity contribution is -0.608. The average Bonchev–Trinajstić information content (AvgIpc) is 2.89. The molecule has 6 heteroatoms. The van der Waals surface area contributed by atoms with E-state index >= 15 is 0 Å². The third kappa shape index (κ3) is 3.67. The molecule has 1 aliphatic rings. The van der Waals surface area contributed by atoms with Gasteiger partial charge in [-0.3, -0.25) is 4.79 Å². The Balaban J connectivity index is 1.80. The van der Waals surface area contributed by atoms with Crippen molar-refractivity contribution >= 4 is 11.9 Å². The number of nitrogens with zero attached hydrogens (tertiary/aromatic N) is 1. The van der Waals surface area contributed by atoms with Gasteiger partial charge in [0, 0.05) is 18.2 Å². The van der Waals surface area contributed by atoms with Gasteiger partial charge in [0.25, 0.3) is 5.91 Å². The normalized spacial score (nSPS) is 15.2. The van der Waals surface area contributed by atoms with Crippen LogP contribution in [-0.2, 0) is 9.53 Å². The van der Waals surface area contributed by atoms with E-state index in [0.29, 0.717) is 4.73 Å². The predicted octanol–water partition coefficient (Wildman–Crippen LogP) is 0.536. The number of aromatic nitrogens is 1. The molecule has 0 bridgehead atoms. The van der Waals surface area contributed by atoms with Crippen LogP contribution in [0.2, 0.25) is 0 Å². The summed E-state index contributed by atoms with van der Waals surface area (Å²) in [6, 6.07) is 4.61. The fourth-order valence-electron chi connectivity index (χ4n) is 2.13. The summed E-state index contributed by atoms with van der Waals surface area (Å²) < 4.78 is 5.22. The van der Waals surface area contributed by atoms with Crippen molar-refractivity contribution in [3.63, 3.8) is 0 Å². The van der Waals surface area contributed by atoms with Crippen LogP contribution in [0.5, 0.6) is 0 Å². The van der Waals surface area contributed by atoms with Gasteiger partial charge >= 0.3 is 11.7 Å². The standard InChI is InChI=1S/C13H16N2O4/c16-12(14-10-5-1-2-6-10)9-19-13(17)11-7-3-4-8-15(11)18/h3-4,7-8,10H,1-2,5-6,9H2,(H,14,16). The number of nitrogens with one attached hydrogen (secondary N) is 1. The van der Waals surface area contributed by atoms with E-state index in [9.17, 15) is 14.8 Å². The Morgan fingerprint density at radius 1 is 1.37 bits per heavy atom. The molecule has 0 atom stereocenters. The van der Waals surface area contributed by atoms with Crippen LogP contribution in [0.15, 0.2) is 24.4 Å². The van der Waals surface area contributed by atoms with Crippen molar-refractivity contribution in [1.82, 2.24) is 5.32 Å². The second kappa shape index (κ2) is 6.17. The van der Waals surface area contributed by atoms with Crippen LogP contribution in [0, 0.1) is 5.21 Å². The zero-order valence-electron chi connectivity index (χ0n) is 10.5. The highest BCUT2D eigenvalue weighted by Gasteiger charge is 2.20. The van der Waals surface area contributed by atoms with Gasteiger partial charge in [-0.05, 0) is 18.9 Å². The molecule has 0 saturated heterocycles. The number of carbonyl (C=O) groups is 2. The topological polar surface area (TPSA) is 82.3 Å². The van der Waals surface area contributed by atoms with Gasteiger partial charge in [0.15, 0.2) is 12.8 Å². The molecule has 1 N–H and O–H groups in total. The monoisotopic (exact) mass is 264 g/mol. The zero-order chi connectivity index (χ0) is 13.7. The van der Waals surface area contributed by atoms with Gasteiger partial charge in [-0.1, -0.05) is 12.8 Å². The van der Waals surface area contributed by atoms with Crippen molar-refractivity contribution in [2.75, 3.05) is 6.61 Å². The summed E-state index contributed by atoms with van der Waals surface area (Å²) in [5.41, 5.74) is -0.129. The highest BCUT2D eigenvalue weighted by atomic mass is 16.5. The number of rotatable bonds is 4. The number of hydrogen-bond acceptors (Lipinski definition) is 4.